The minimum Gasteiger partial charge on any atom is -0.494 e. The molecule has 0 amide bonds. The highest BCUT2D eigenvalue weighted by molar-refractivity contribution is 5.71. The molecule has 2 aromatic heterocycles. The molecule has 1 atom stereocenters. The maximum atomic E-state index is 5.80. The Balaban J connectivity index is 1.53. The summed E-state index contributed by atoms with van der Waals surface area (Å²) in [7, 11) is 1.74. The number of pyridine rings is 1. The number of ether oxygens (including phenoxy) is 2. The number of nitrogens with zero attached hydrogens (tertiary/aromatic N) is 4. The van der Waals surface area contributed by atoms with E-state index in [-0.39, 0.29) is 0 Å². The van der Waals surface area contributed by atoms with Crippen molar-refractivity contribution < 1.29 is 9.47 Å². The van der Waals surface area contributed by atoms with Crippen LogP contribution in [-0.2, 0) is 17.8 Å². The Bertz CT molecular complexity index is 924. The fraction of sp³-hybridized carbons (Fsp3) is 0.455. The van der Waals surface area contributed by atoms with E-state index in [0.29, 0.717) is 19.1 Å². The van der Waals surface area contributed by atoms with Gasteiger partial charge in [-0.2, -0.15) is 0 Å². The molecule has 0 unspecified atom stereocenters. The first-order valence-corrected chi connectivity index (χ1v) is 10.0. The second kappa shape index (κ2) is 8.71. The van der Waals surface area contributed by atoms with Gasteiger partial charge < -0.3 is 14.0 Å². The van der Waals surface area contributed by atoms with Crippen LogP contribution in [-0.4, -0.2) is 52.8 Å². The molecule has 0 saturated carbocycles. The number of hydrogen-bond donors (Lipinski definition) is 0. The Morgan fingerprint density at radius 2 is 2.07 bits per heavy atom. The van der Waals surface area contributed by atoms with Gasteiger partial charge in [0.05, 0.1) is 13.2 Å². The third-order valence-electron chi connectivity index (χ3n) is 5.36. The van der Waals surface area contributed by atoms with Crippen LogP contribution >= 0.6 is 0 Å². The topological polar surface area (TPSA) is 52.4 Å². The summed E-state index contributed by atoms with van der Waals surface area (Å²) in [6.07, 6.45) is 2.94. The van der Waals surface area contributed by atoms with Crippen LogP contribution in [0.2, 0.25) is 0 Å². The summed E-state index contributed by atoms with van der Waals surface area (Å²) in [6, 6.07) is 12.3. The molecule has 3 heterocycles. The Labute approximate surface area is 166 Å². The monoisotopic (exact) mass is 380 g/mol. The van der Waals surface area contributed by atoms with Gasteiger partial charge in [-0.05, 0) is 38.1 Å². The largest absolute Gasteiger partial charge is 0.494 e. The van der Waals surface area contributed by atoms with Crippen molar-refractivity contribution in [2.45, 2.75) is 32.4 Å². The molecule has 1 aromatic carbocycles. The Kier molecular flexibility index (Phi) is 5.88. The van der Waals surface area contributed by atoms with Crippen LogP contribution in [0.5, 0.6) is 5.75 Å². The highest BCUT2D eigenvalue weighted by atomic mass is 16.5. The molecule has 28 heavy (non-hydrogen) atoms. The minimum absolute atomic E-state index is 0.408. The average molecular weight is 380 g/mol. The number of benzene rings is 1. The highest BCUT2D eigenvalue weighted by Gasteiger charge is 2.29. The van der Waals surface area contributed by atoms with Crippen LogP contribution in [0.1, 0.15) is 30.7 Å². The van der Waals surface area contributed by atoms with Crippen LogP contribution in [0.15, 0.2) is 42.6 Å². The molecule has 1 aliphatic heterocycles. The first-order chi connectivity index (χ1) is 13.8. The SMILES string of the molecule is CCOc1ccccc1CN1CC[C@@H](c2nc3cccnc3n2CCOC)C1. The number of rotatable bonds is 8. The summed E-state index contributed by atoms with van der Waals surface area (Å²) < 4.78 is 13.4. The first kappa shape index (κ1) is 18.9. The Morgan fingerprint density at radius 3 is 2.93 bits per heavy atom. The lowest BCUT2D eigenvalue weighted by Gasteiger charge is -2.18. The lowest BCUT2D eigenvalue weighted by atomic mass is 10.1. The lowest BCUT2D eigenvalue weighted by Crippen LogP contribution is -2.21. The van der Waals surface area contributed by atoms with Crippen molar-refractivity contribution in [3.63, 3.8) is 0 Å². The van der Waals surface area contributed by atoms with E-state index in [1.807, 2.05) is 31.3 Å². The maximum absolute atomic E-state index is 5.80. The number of aromatic nitrogens is 3. The smallest absolute Gasteiger partial charge is 0.160 e. The second-order valence-electron chi connectivity index (χ2n) is 7.22. The number of fused-ring (bicyclic) bond motifs is 1. The molecule has 0 spiro atoms. The molecule has 4 rings (SSSR count). The van der Waals surface area contributed by atoms with Crippen molar-refractivity contribution in [2.75, 3.05) is 33.4 Å². The van der Waals surface area contributed by atoms with Gasteiger partial charge in [-0.25, -0.2) is 9.97 Å². The number of para-hydroxylation sites is 1. The van der Waals surface area contributed by atoms with Crippen LogP contribution in [0.25, 0.3) is 11.2 Å². The van der Waals surface area contributed by atoms with Crippen molar-refractivity contribution in [3.05, 3.63) is 54.0 Å². The number of methoxy groups -OCH3 is 1. The summed E-state index contributed by atoms with van der Waals surface area (Å²) in [6.45, 7) is 7.12. The van der Waals surface area contributed by atoms with E-state index in [1.54, 1.807) is 7.11 Å². The summed E-state index contributed by atoms with van der Waals surface area (Å²) in [5.74, 6) is 2.53. The summed E-state index contributed by atoms with van der Waals surface area (Å²) in [5.41, 5.74) is 3.17. The molecule has 6 nitrogen and oxygen atoms in total. The van der Waals surface area contributed by atoms with Crippen molar-refractivity contribution in [1.82, 2.24) is 19.4 Å². The summed E-state index contributed by atoms with van der Waals surface area (Å²) in [4.78, 5) is 12.0. The molecule has 0 aliphatic carbocycles. The molecule has 148 valence electrons. The highest BCUT2D eigenvalue weighted by Crippen LogP contribution is 2.31. The van der Waals surface area contributed by atoms with Crippen LogP contribution in [0.4, 0.5) is 0 Å². The number of hydrogen-bond acceptors (Lipinski definition) is 5. The normalized spacial score (nSPS) is 17.4. The van der Waals surface area contributed by atoms with E-state index in [1.165, 1.54) is 5.56 Å². The molecule has 0 radical (unpaired) electrons. The maximum Gasteiger partial charge on any atom is 0.160 e. The van der Waals surface area contributed by atoms with Crippen molar-refractivity contribution in [2.24, 2.45) is 0 Å². The predicted octanol–water partition coefficient (Wildman–Crippen LogP) is 3.47. The van der Waals surface area contributed by atoms with Gasteiger partial charge in [0.15, 0.2) is 5.65 Å². The van der Waals surface area contributed by atoms with E-state index in [9.17, 15) is 0 Å². The average Bonchev–Trinajstić information content (AvgIpc) is 3.32. The Morgan fingerprint density at radius 1 is 1.18 bits per heavy atom. The van der Waals surface area contributed by atoms with Gasteiger partial charge in [0.1, 0.15) is 17.1 Å². The van der Waals surface area contributed by atoms with E-state index < -0.39 is 0 Å². The number of imidazole rings is 1. The van der Waals surface area contributed by atoms with Crippen molar-refractivity contribution >= 4 is 11.2 Å². The van der Waals surface area contributed by atoms with E-state index >= 15 is 0 Å². The van der Waals surface area contributed by atoms with Crippen molar-refractivity contribution in [3.8, 4) is 5.75 Å². The number of likely N-dealkylation sites (tertiary alicyclic amines) is 1. The van der Waals surface area contributed by atoms with Gasteiger partial charge in [-0.3, -0.25) is 4.90 Å². The van der Waals surface area contributed by atoms with Crippen molar-refractivity contribution in [1.29, 1.82) is 0 Å². The van der Waals surface area contributed by atoms with Crippen LogP contribution < -0.4 is 4.74 Å². The molecular weight excluding hydrogens is 352 g/mol. The molecular formula is C22H28N4O2. The summed E-state index contributed by atoms with van der Waals surface area (Å²) in [5, 5.41) is 0. The zero-order valence-electron chi connectivity index (χ0n) is 16.7. The van der Waals surface area contributed by atoms with E-state index in [4.69, 9.17) is 14.5 Å². The van der Waals surface area contributed by atoms with Gasteiger partial charge in [-0.1, -0.05) is 18.2 Å². The first-order valence-electron chi connectivity index (χ1n) is 10.0. The van der Waals surface area contributed by atoms with Gasteiger partial charge in [0, 0.05) is 44.4 Å². The third kappa shape index (κ3) is 3.88. The minimum atomic E-state index is 0.408. The van der Waals surface area contributed by atoms with Gasteiger partial charge >= 0.3 is 0 Å². The quantitative estimate of drug-likeness (QED) is 0.599. The standard InChI is InChI=1S/C22H28N4O2/c1-3-28-20-9-5-4-7-17(20)15-25-12-10-18(16-25)21-24-19-8-6-11-23-22(19)26(21)13-14-27-2/h4-9,11,18H,3,10,12-16H2,1-2H3/t18-/m1/s1. The Hall–Kier alpha value is -2.44. The lowest BCUT2D eigenvalue weighted by molar-refractivity contribution is 0.186. The van der Waals surface area contributed by atoms with Crippen LogP contribution in [0, 0.1) is 0 Å². The fourth-order valence-electron chi connectivity index (χ4n) is 4.05. The molecule has 3 aromatic rings. The molecule has 0 bridgehead atoms. The predicted molar refractivity (Wildman–Crippen MR) is 110 cm³/mol. The van der Waals surface area contributed by atoms with E-state index in [2.05, 4.69) is 32.7 Å². The zero-order valence-corrected chi connectivity index (χ0v) is 16.7. The van der Waals surface area contributed by atoms with Gasteiger partial charge in [0.25, 0.3) is 0 Å². The molecule has 6 heteroatoms. The molecule has 1 aliphatic rings. The fourth-order valence-corrected chi connectivity index (χ4v) is 4.05. The summed E-state index contributed by atoms with van der Waals surface area (Å²) >= 11 is 0. The molecule has 1 saturated heterocycles. The van der Waals surface area contributed by atoms with Crippen LogP contribution in [0.3, 0.4) is 0 Å². The molecule has 1 fully saturated rings. The third-order valence-corrected chi connectivity index (χ3v) is 5.36. The van der Waals surface area contributed by atoms with Gasteiger partial charge in [-0.15, -0.1) is 0 Å². The zero-order chi connectivity index (χ0) is 19.3. The van der Waals surface area contributed by atoms with E-state index in [0.717, 1.165) is 55.3 Å². The van der Waals surface area contributed by atoms with Gasteiger partial charge in [0.2, 0.25) is 0 Å². The molecule has 0 N–H and O–H groups in total. The second-order valence-corrected chi connectivity index (χ2v) is 7.22.